The lowest BCUT2D eigenvalue weighted by atomic mass is 10.1. The normalized spacial score (nSPS) is 38.7. The van der Waals surface area contributed by atoms with E-state index in [0.29, 0.717) is 0 Å². The van der Waals surface area contributed by atoms with Gasteiger partial charge < -0.3 is 20.3 Å². The predicted molar refractivity (Wildman–Crippen MR) is 44.7 cm³/mol. The largest absolute Gasteiger partial charge is 0.388 e. The van der Waals surface area contributed by atoms with Crippen LogP contribution in [0.1, 0.15) is 6.92 Å². The quantitative estimate of drug-likeness (QED) is 0.472. The van der Waals surface area contributed by atoms with Crippen molar-refractivity contribution < 1.29 is 19.7 Å². The molecular formula is C8H13NO4. The standard InChI is InChI=1S/C8H13NO4/c1-3-5-7(11)6(8(12)13-5)9-4(2)10/h3,5-8,11-12H,1H2,2H3,(H,9,10). The second-order valence-electron chi connectivity index (χ2n) is 2.94. The first kappa shape index (κ1) is 10.2. The Labute approximate surface area is 76.0 Å². The lowest BCUT2D eigenvalue weighted by Gasteiger charge is -2.16. The van der Waals surface area contributed by atoms with E-state index >= 15 is 0 Å². The van der Waals surface area contributed by atoms with Gasteiger partial charge in [0.15, 0.2) is 6.29 Å². The number of hydrogen-bond donors (Lipinski definition) is 3. The fourth-order valence-electron chi connectivity index (χ4n) is 1.29. The molecule has 0 bridgehead atoms. The Kier molecular flexibility index (Phi) is 3.02. The zero-order chi connectivity index (χ0) is 10.0. The molecule has 0 aromatic carbocycles. The van der Waals surface area contributed by atoms with Gasteiger partial charge >= 0.3 is 0 Å². The molecule has 0 saturated carbocycles. The van der Waals surface area contributed by atoms with Crippen LogP contribution in [-0.4, -0.2) is 40.7 Å². The van der Waals surface area contributed by atoms with Gasteiger partial charge in [-0.15, -0.1) is 6.58 Å². The molecule has 1 heterocycles. The molecule has 1 aliphatic rings. The van der Waals surface area contributed by atoms with Crippen molar-refractivity contribution in [3.63, 3.8) is 0 Å². The number of rotatable bonds is 2. The van der Waals surface area contributed by atoms with Crippen molar-refractivity contribution in [2.24, 2.45) is 0 Å². The zero-order valence-electron chi connectivity index (χ0n) is 7.30. The molecule has 4 unspecified atom stereocenters. The fourth-order valence-corrected chi connectivity index (χ4v) is 1.29. The third-order valence-electron chi connectivity index (χ3n) is 1.91. The third kappa shape index (κ3) is 2.06. The molecule has 5 heteroatoms. The first-order valence-corrected chi connectivity index (χ1v) is 3.97. The number of carbonyl (C=O) groups excluding carboxylic acids is 1. The number of nitrogens with one attached hydrogen (secondary N) is 1. The maximum atomic E-state index is 10.7. The number of aliphatic hydroxyl groups is 2. The molecule has 1 aliphatic heterocycles. The number of ether oxygens (including phenoxy) is 1. The van der Waals surface area contributed by atoms with Crippen LogP contribution >= 0.6 is 0 Å². The summed E-state index contributed by atoms with van der Waals surface area (Å²) in [6.45, 7) is 4.74. The Morgan fingerprint density at radius 3 is 2.62 bits per heavy atom. The molecule has 0 aliphatic carbocycles. The lowest BCUT2D eigenvalue weighted by molar-refractivity contribution is -0.124. The molecule has 74 valence electrons. The van der Waals surface area contributed by atoms with Crippen molar-refractivity contribution in [1.82, 2.24) is 5.32 Å². The highest BCUT2D eigenvalue weighted by Crippen LogP contribution is 2.19. The summed E-state index contributed by atoms with van der Waals surface area (Å²) in [5.74, 6) is -0.323. The number of amides is 1. The molecule has 13 heavy (non-hydrogen) atoms. The second-order valence-corrected chi connectivity index (χ2v) is 2.94. The monoisotopic (exact) mass is 187 g/mol. The minimum Gasteiger partial charge on any atom is -0.388 e. The molecule has 5 nitrogen and oxygen atoms in total. The van der Waals surface area contributed by atoms with Gasteiger partial charge in [0, 0.05) is 6.92 Å². The highest BCUT2D eigenvalue weighted by atomic mass is 16.6. The fraction of sp³-hybridized carbons (Fsp3) is 0.625. The van der Waals surface area contributed by atoms with Crippen molar-refractivity contribution >= 4 is 5.91 Å². The van der Waals surface area contributed by atoms with E-state index in [1.165, 1.54) is 13.0 Å². The highest BCUT2D eigenvalue weighted by molar-refractivity contribution is 5.73. The van der Waals surface area contributed by atoms with Crippen molar-refractivity contribution in [2.45, 2.75) is 31.5 Å². The molecule has 0 radical (unpaired) electrons. The van der Waals surface area contributed by atoms with Gasteiger partial charge in [-0.2, -0.15) is 0 Å². The van der Waals surface area contributed by atoms with E-state index in [0.717, 1.165) is 0 Å². The van der Waals surface area contributed by atoms with Gasteiger partial charge in [0.25, 0.3) is 0 Å². The molecule has 1 amide bonds. The average Bonchev–Trinajstić information content (AvgIpc) is 2.31. The first-order chi connectivity index (χ1) is 6.06. The SMILES string of the molecule is C=CC1OC(O)C(NC(C)=O)C1O. The lowest BCUT2D eigenvalue weighted by Crippen LogP contribution is -2.46. The first-order valence-electron chi connectivity index (χ1n) is 3.97. The number of hydrogen-bond acceptors (Lipinski definition) is 4. The van der Waals surface area contributed by atoms with E-state index in [4.69, 9.17) is 4.74 Å². The molecule has 1 fully saturated rings. The van der Waals surface area contributed by atoms with Crippen molar-refractivity contribution in [3.05, 3.63) is 12.7 Å². The zero-order valence-corrected chi connectivity index (χ0v) is 7.30. The van der Waals surface area contributed by atoms with Crippen LogP contribution in [0.3, 0.4) is 0 Å². The van der Waals surface area contributed by atoms with E-state index in [9.17, 15) is 15.0 Å². The summed E-state index contributed by atoms with van der Waals surface area (Å²) in [5.41, 5.74) is 0. The number of aliphatic hydroxyl groups excluding tert-OH is 2. The van der Waals surface area contributed by atoms with E-state index in [-0.39, 0.29) is 5.91 Å². The Morgan fingerprint density at radius 2 is 2.23 bits per heavy atom. The van der Waals surface area contributed by atoms with Crippen molar-refractivity contribution in [3.8, 4) is 0 Å². The molecule has 0 aromatic heterocycles. The summed E-state index contributed by atoms with van der Waals surface area (Å²) in [5, 5.41) is 21.2. The third-order valence-corrected chi connectivity index (χ3v) is 1.91. The molecule has 4 atom stereocenters. The van der Waals surface area contributed by atoms with Crippen molar-refractivity contribution in [2.75, 3.05) is 0 Å². The topological polar surface area (TPSA) is 78.8 Å². The average molecular weight is 187 g/mol. The van der Waals surface area contributed by atoms with Gasteiger partial charge in [0.05, 0.1) is 0 Å². The Morgan fingerprint density at radius 1 is 1.62 bits per heavy atom. The van der Waals surface area contributed by atoms with Crippen LogP contribution in [-0.2, 0) is 9.53 Å². The van der Waals surface area contributed by atoms with E-state index in [2.05, 4.69) is 11.9 Å². The minimum absolute atomic E-state index is 0.323. The van der Waals surface area contributed by atoms with Crippen LogP contribution in [0.2, 0.25) is 0 Å². The molecule has 1 saturated heterocycles. The van der Waals surface area contributed by atoms with Crippen LogP contribution in [0.4, 0.5) is 0 Å². The molecular weight excluding hydrogens is 174 g/mol. The minimum atomic E-state index is -1.18. The molecule has 0 spiro atoms. The predicted octanol–water partition coefficient (Wildman–Crippen LogP) is -1.24. The molecule has 0 aromatic rings. The van der Waals surface area contributed by atoms with E-state index in [1.54, 1.807) is 0 Å². The van der Waals surface area contributed by atoms with Crippen LogP contribution in [0.5, 0.6) is 0 Å². The highest BCUT2D eigenvalue weighted by Gasteiger charge is 2.41. The van der Waals surface area contributed by atoms with Crippen LogP contribution in [0, 0.1) is 0 Å². The van der Waals surface area contributed by atoms with Crippen LogP contribution in [0.15, 0.2) is 12.7 Å². The summed E-state index contributed by atoms with van der Waals surface area (Å²) < 4.78 is 4.91. The summed E-state index contributed by atoms with van der Waals surface area (Å²) in [6, 6.07) is -0.777. The Balaban J connectivity index is 2.63. The van der Waals surface area contributed by atoms with Gasteiger partial charge in [-0.3, -0.25) is 4.79 Å². The second kappa shape index (κ2) is 3.87. The maximum Gasteiger partial charge on any atom is 0.217 e. The summed E-state index contributed by atoms with van der Waals surface area (Å²) >= 11 is 0. The smallest absolute Gasteiger partial charge is 0.217 e. The van der Waals surface area contributed by atoms with Crippen molar-refractivity contribution in [1.29, 1.82) is 0 Å². The Bertz CT molecular complexity index is 218. The summed E-state index contributed by atoms with van der Waals surface area (Å²) in [4.78, 5) is 10.7. The van der Waals surface area contributed by atoms with Crippen LogP contribution < -0.4 is 5.32 Å². The van der Waals surface area contributed by atoms with Gasteiger partial charge in [-0.25, -0.2) is 0 Å². The van der Waals surface area contributed by atoms with Gasteiger partial charge in [0.1, 0.15) is 18.2 Å². The molecule has 1 rings (SSSR count). The summed E-state index contributed by atoms with van der Waals surface area (Å²) in [7, 11) is 0. The maximum absolute atomic E-state index is 10.7. The molecule has 3 N–H and O–H groups in total. The van der Waals surface area contributed by atoms with E-state index in [1.807, 2.05) is 0 Å². The van der Waals surface area contributed by atoms with Gasteiger partial charge in [-0.1, -0.05) is 6.08 Å². The Hall–Kier alpha value is -0.910. The van der Waals surface area contributed by atoms with Gasteiger partial charge in [-0.05, 0) is 0 Å². The summed E-state index contributed by atoms with van der Waals surface area (Å²) in [6.07, 6.45) is -1.37. The van der Waals surface area contributed by atoms with Crippen LogP contribution in [0.25, 0.3) is 0 Å². The van der Waals surface area contributed by atoms with Gasteiger partial charge in [0.2, 0.25) is 5.91 Å². The number of carbonyl (C=O) groups is 1. The van der Waals surface area contributed by atoms with E-state index < -0.39 is 24.5 Å².